The van der Waals surface area contributed by atoms with Crippen LogP contribution in [0.4, 0.5) is 0 Å². The van der Waals surface area contributed by atoms with Crippen LogP contribution in [0.25, 0.3) is 0 Å². The van der Waals surface area contributed by atoms with E-state index in [1.54, 1.807) is 7.11 Å². The van der Waals surface area contributed by atoms with Gasteiger partial charge >= 0.3 is 0 Å². The fourth-order valence-corrected chi connectivity index (χ4v) is 1.92. The van der Waals surface area contributed by atoms with Crippen molar-refractivity contribution < 1.29 is 14.6 Å². The van der Waals surface area contributed by atoms with Crippen molar-refractivity contribution in [2.45, 2.75) is 58.7 Å². The summed E-state index contributed by atoms with van der Waals surface area (Å²) < 4.78 is 11.1. The number of nitrogens with one attached hydrogen (secondary N) is 1. The molecule has 0 radical (unpaired) electrons. The molecule has 0 aliphatic carbocycles. The van der Waals surface area contributed by atoms with Crippen LogP contribution in [-0.2, 0) is 6.54 Å². The Morgan fingerprint density at radius 2 is 1.90 bits per heavy atom. The van der Waals surface area contributed by atoms with E-state index in [0.29, 0.717) is 25.5 Å². The maximum atomic E-state index is 10.4. The second kappa shape index (κ2) is 8.25. The summed E-state index contributed by atoms with van der Waals surface area (Å²) in [5.41, 5.74) is 0.297. The summed E-state index contributed by atoms with van der Waals surface area (Å²) in [5, 5.41) is 13.7. The normalized spacial score (nSPS) is 11.8. The van der Waals surface area contributed by atoms with Crippen LogP contribution in [0.2, 0.25) is 0 Å². The first-order chi connectivity index (χ1) is 9.94. The van der Waals surface area contributed by atoms with Crippen LogP contribution in [0, 0.1) is 0 Å². The Hall–Kier alpha value is -1.26. The molecule has 1 rings (SSSR count). The lowest BCUT2D eigenvalue weighted by Crippen LogP contribution is -2.34. The maximum Gasteiger partial charge on any atom is 0.127 e. The van der Waals surface area contributed by atoms with Crippen LogP contribution >= 0.6 is 0 Å². The van der Waals surface area contributed by atoms with Crippen LogP contribution in [0.5, 0.6) is 11.5 Å². The third kappa shape index (κ3) is 5.56. The molecule has 0 aliphatic heterocycles. The summed E-state index contributed by atoms with van der Waals surface area (Å²) in [5.74, 6) is 1.53. The van der Waals surface area contributed by atoms with E-state index in [4.69, 9.17) is 9.47 Å². The molecule has 0 aliphatic rings. The molecular weight excluding hydrogens is 266 g/mol. The Labute approximate surface area is 128 Å². The molecule has 0 fully saturated rings. The topological polar surface area (TPSA) is 50.7 Å². The number of benzene rings is 1. The molecule has 120 valence electrons. The Kier molecular flexibility index (Phi) is 6.99. The predicted octanol–water partition coefficient (Wildman–Crippen LogP) is 3.12. The van der Waals surface area contributed by atoms with E-state index >= 15 is 0 Å². The number of methoxy groups -OCH3 is 1. The Bertz CT molecular complexity index is 428. The number of rotatable bonds is 9. The molecule has 4 nitrogen and oxygen atoms in total. The van der Waals surface area contributed by atoms with Crippen molar-refractivity contribution in [1.82, 2.24) is 5.32 Å². The van der Waals surface area contributed by atoms with E-state index in [-0.39, 0.29) is 0 Å². The van der Waals surface area contributed by atoms with E-state index < -0.39 is 5.60 Å². The zero-order valence-corrected chi connectivity index (χ0v) is 13.9. The molecule has 0 heterocycles. The smallest absolute Gasteiger partial charge is 0.127 e. The van der Waals surface area contributed by atoms with Crippen molar-refractivity contribution in [3.8, 4) is 11.5 Å². The predicted molar refractivity (Wildman–Crippen MR) is 86.0 cm³/mol. The molecule has 0 saturated heterocycles. The van der Waals surface area contributed by atoms with E-state index in [9.17, 15) is 5.11 Å². The van der Waals surface area contributed by atoms with Crippen molar-refractivity contribution in [2.24, 2.45) is 0 Å². The van der Waals surface area contributed by atoms with Gasteiger partial charge in [-0.15, -0.1) is 0 Å². The monoisotopic (exact) mass is 295 g/mol. The van der Waals surface area contributed by atoms with E-state index in [2.05, 4.69) is 19.2 Å². The van der Waals surface area contributed by atoms with Gasteiger partial charge < -0.3 is 19.9 Å². The minimum atomic E-state index is -0.772. The minimum absolute atomic E-state index is 0.293. The van der Waals surface area contributed by atoms with Gasteiger partial charge in [0.2, 0.25) is 0 Å². The van der Waals surface area contributed by atoms with Crippen molar-refractivity contribution in [1.29, 1.82) is 0 Å². The zero-order chi connectivity index (χ0) is 15.9. The highest BCUT2D eigenvalue weighted by molar-refractivity contribution is 5.40. The Morgan fingerprint density at radius 1 is 1.24 bits per heavy atom. The molecule has 21 heavy (non-hydrogen) atoms. The number of aliphatic hydroxyl groups is 1. The first-order valence-corrected chi connectivity index (χ1v) is 7.69. The van der Waals surface area contributed by atoms with Crippen molar-refractivity contribution in [3.05, 3.63) is 23.8 Å². The summed E-state index contributed by atoms with van der Waals surface area (Å²) in [4.78, 5) is 0. The standard InChI is InChI=1S/C17H29NO3/c1-6-17(19,7-2)12-21-16-10-15(20-5)9-8-14(16)11-18-13(3)4/h8-10,13,18-19H,6-7,11-12H2,1-5H3. The molecule has 0 amide bonds. The highest BCUT2D eigenvalue weighted by atomic mass is 16.5. The van der Waals surface area contributed by atoms with Gasteiger partial charge in [-0.3, -0.25) is 0 Å². The quantitative estimate of drug-likeness (QED) is 0.735. The van der Waals surface area contributed by atoms with Crippen LogP contribution in [0.3, 0.4) is 0 Å². The first kappa shape index (κ1) is 17.8. The van der Waals surface area contributed by atoms with Gasteiger partial charge in [0.1, 0.15) is 18.1 Å². The molecule has 0 unspecified atom stereocenters. The second-order valence-electron chi connectivity index (χ2n) is 5.73. The van der Waals surface area contributed by atoms with E-state index in [1.807, 2.05) is 32.0 Å². The van der Waals surface area contributed by atoms with Gasteiger partial charge in [-0.1, -0.05) is 33.8 Å². The number of hydrogen-bond acceptors (Lipinski definition) is 4. The van der Waals surface area contributed by atoms with Crippen molar-refractivity contribution in [3.63, 3.8) is 0 Å². The summed E-state index contributed by atoms with van der Waals surface area (Å²) in [6, 6.07) is 6.21. The molecular formula is C17H29NO3. The van der Waals surface area contributed by atoms with Gasteiger partial charge in [0.25, 0.3) is 0 Å². The van der Waals surface area contributed by atoms with Gasteiger partial charge in [0.05, 0.1) is 12.7 Å². The third-order valence-corrected chi connectivity index (χ3v) is 3.79. The van der Waals surface area contributed by atoms with E-state index in [1.165, 1.54) is 0 Å². The maximum absolute atomic E-state index is 10.4. The molecule has 4 heteroatoms. The molecule has 0 aromatic heterocycles. The highest BCUT2D eigenvalue weighted by Crippen LogP contribution is 2.27. The SMILES string of the molecule is CCC(O)(CC)COc1cc(OC)ccc1CNC(C)C. The van der Waals surface area contributed by atoms with Gasteiger partial charge in [-0.25, -0.2) is 0 Å². The van der Waals surface area contributed by atoms with Crippen LogP contribution in [0.15, 0.2) is 18.2 Å². The Balaban J connectivity index is 2.85. The fraction of sp³-hybridized carbons (Fsp3) is 0.647. The molecule has 1 aromatic carbocycles. The van der Waals surface area contributed by atoms with Crippen LogP contribution in [0.1, 0.15) is 46.1 Å². The summed E-state index contributed by atoms with van der Waals surface area (Å²) in [6.45, 7) is 9.18. The van der Waals surface area contributed by atoms with Crippen molar-refractivity contribution >= 4 is 0 Å². The molecule has 0 bridgehead atoms. The molecule has 2 N–H and O–H groups in total. The first-order valence-electron chi connectivity index (χ1n) is 7.69. The van der Waals surface area contributed by atoms with Gasteiger partial charge in [-0.05, 0) is 18.9 Å². The lowest BCUT2D eigenvalue weighted by atomic mass is 9.99. The molecule has 1 aromatic rings. The minimum Gasteiger partial charge on any atom is -0.497 e. The summed E-state index contributed by atoms with van der Waals surface area (Å²) >= 11 is 0. The zero-order valence-electron chi connectivity index (χ0n) is 13.9. The van der Waals surface area contributed by atoms with Gasteiger partial charge in [0, 0.05) is 24.2 Å². The van der Waals surface area contributed by atoms with Crippen LogP contribution in [-0.4, -0.2) is 30.5 Å². The average molecular weight is 295 g/mol. The lowest BCUT2D eigenvalue weighted by molar-refractivity contribution is -0.0116. The number of hydrogen-bond donors (Lipinski definition) is 2. The van der Waals surface area contributed by atoms with Crippen molar-refractivity contribution in [2.75, 3.05) is 13.7 Å². The third-order valence-electron chi connectivity index (χ3n) is 3.79. The molecule has 0 saturated carbocycles. The van der Waals surface area contributed by atoms with Gasteiger partial charge in [-0.2, -0.15) is 0 Å². The summed E-state index contributed by atoms with van der Waals surface area (Å²) in [7, 11) is 1.64. The van der Waals surface area contributed by atoms with Crippen LogP contribution < -0.4 is 14.8 Å². The summed E-state index contributed by atoms with van der Waals surface area (Å²) in [6.07, 6.45) is 1.35. The lowest BCUT2D eigenvalue weighted by Gasteiger charge is -2.26. The molecule has 0 spiro atoms. The number of ether oxygens (including phenoxy) is 2. The largest absolute Gasteiger partial charge is 0.497 e. The Morgan fingerprint density at radius 3 is 2.43 bits per heavy atom. The second-order valence-corrected chi connectivity index (χ2v) is 5.73. The van der Waals surface area contributed by atoms with Gasteiger partial charge in [0.15, 0.2) is 0 Å². The van der Waals surface area contributed by atoms with E-state index in [0.717, 1.165) is 23.6 Å². The molecule has 0 atom stereocenters. The fourth-order valence-electron chi connectivity index (χ4n) is 1.92. The average Bonchev–Trinajstić information content (AvgIpc) is 2.50. The highest BCUT2D eigenvalue weighted by Gasteiger charge is 2.23.